The SMILES string of the molecule is Fc1c(-c2c(Cl)cccc2Cl)nc(-c2c(Cl)cccc2Cl)c(F)c1-c1c(Cl)cccc1Cl. The van der Waals surface area contributed by atoms with E-state index in [4.69, 9.17) is 69.6 Å². The van der Waals surface area contributed by atoms with E-state index in [-0.39, 0.29) is 58.2 Å². The van der Waals surface area contributed by atoms with Gasteiger partial charge in [0.15, 0.2) is 11.6 Å². The molecule has 0 spiro atoms. The summed E-state index contributed by atoms with van der Waals surface area (Å²) in [4.78, 5) is 4.23. The van der Waals surface area contributed by atoms with Crippen molar-refractivity contribution >= 4 is 69.6 Å². The van der Waals surface area contributed by atoms with Crippen LogP contribution in [0.4, 0.5) is 8.78 Å². The predicted octanol–water partition coefficient (Wildman–Crippen LogP) is 10.3. The van der Waals surface area contributed by atoms with Crippen LogP contribution in [-0.4, -0.2) is 4.98 Å². The van der Waals surface area contributed by atoms with E-state index in [9.17, 15) is 0 Å². The first-order valence-electron chi connectivity index (χ1n) is 8.94. The summed E-state index contributed by atoms with van der Waals surface area (Å²) in [5.41, 5.74) is -1.03. The molecule has 4 aromatic rings. The van der Waals surface area contributed by atoms with Crippen molar-refractivity contribution < 1.29 is 8.78 Å². The van der Waals surface area contributed by atoms with Crippen LogP contribution < -0.4 is 0 Å². The molecule has 0 atom stereocenters. The van der Waals surface area contributed by atoms with Crippen LogP contribution in [0.1, 0.15) is 0 Å². The Morgan fingerprint density at radius 3 is 1.03 bits per heavy atom. The molecule has 0 bridgehead atoms. The number of halogens is 8. The Morgan fingerprint density at radius 1 is 0.438 bits per heavy atom. The van der Waals surface area contributed by atoms with Gasteiger partial charge in [0.05, 0.1) is 35.7 Å². The topological polar surface area (TPSA) is 12.9 Å². The molecule has 1 aromatic heterocycles. The quantitative estimate of drug-likeness (QED) is 0.248. The summed E-state index contributed by atoms with van der Waals surface area (Å²) >= 11 is 37.8. The lowest BCUT2D eigenvalue weighted by molar-refractivity contribution is 0.585. The molecule has 0 saturated carbocycles. The largest absolute Gasteiger partial charge is 0.241 e. The highest BCUT2D eigenvalue weighted by molar-refractivity contribution is 6.41. The maximum Gasteiger partial charge on any atom is 0.160 e. The number of nitrogens with zero attached hydrogens (tertiary/aromatic N) is 1. The van der Waals surface area contributed by atoms with Crippen LogP contribution in [0.2, 0.25) is 30.1 Å². The molecule has 162 valence electrons. The molecule has 0 fully saturated rings. The van der Waals surface area contributed by atoms with Gasteiger partial charge in [-0.2, -0.15) is 0 Å². The zero-order chi connectivity index (χ0) is 23.2. The highest BCUT2D eigenvalue weighted by Gasteiger charge is 2.29. The molecular weight excluding hydrogens is 541 g/mol. The minimum absolute atomic E-state index is 0.0360. The summed E-state index contributed by atoms with van der Waals surface area (Å²) in [6, 6.07) is 13.7. The van der Waals surface area contributed by atoms with Gasteiger partial charge >= 0.3 is 0 Å². The third-order valence-corrected chi connectivity index (χ3v) is 6.58. The van der Waals surface area contributed by atoms with E-state index in [0.717, 1.165) is 0 Å². The Morgan fingerprint density at radius 2 is 0.719 bits per heavy atom. The molecule has 1 nitrogen and oxygen atoms in total. The second kappa shape index (κ2) is 9.34. The lowest BCUT2D eigenvalue weighted by Gasteiger charge is -2.18. The number of pyridine rings is 1. The molecule has 3 aromatic carbocycles. The van der Waals surface area contributed by atoms with Crippen molar-refractivity contribution in [2.24, 2.45) is 0 Å². The fraction of sp³-hybridized carbons (Fsp3) is 0. The number of aromatic nitrogens is 1. The average molecular weight is 550 g/mol. The third kappa shape index (κ3) is 4.07. The summed E-state index contributed by atoms with van der Waals surface area (Å²) in [6.45, 7) is 0. The molecule has 9 heteroatoms. The van der Waals surface area contributed by atoms with E-state index in [1.54, 1.807) is 18.2 Å². The second-order valence-corrected chi connectivity index (χ2v) is 9.05. The summed E-state index contributed by atoms with van der Waals surface area (Å²) < 4.78 is 31.8. The molecule has 0 aliphatic carbocycles. The van der Waals surface area contributed by atoms with Crippen molar-refractivity contribution in [3.63, 3.8) is 0 Å². The summed E-state index contributed by atoms with van der Waals surface area (Å²) in [5, 5.41) is 0.527. The fourth-order valence-corrected chi connectivity index (χ4v) is 5.02. The van der Waals surface area contributed by atoms with Crippen molar-refractivity contribution in [3.05, 3.63) is 96.4 Å². The Labute approximate surface area is 212 Å². The van der Waals surface area contributed by atoms with Gasteiger partial charge in [-0.1, -0.05) is 87.8 Å². The number of benzene rings is 3. The van der Waals surface area contributed by atoms with Gasteiger partial charge < -0.3 is 0 Å². The smallest absolute Gasteiger partial charge is 0.160 e. The highest BCUT2D eigenvalue weighted by Crippen LogP contribution is 2.46. The monoisotopic (exact) mass is 547 g/mol. The molecule has 0 unspecified atom stereocenters. The third-order valence-electron chi connectivity index (χ3n) is 4.69. The van der Waals surface area contributed by atoms with Crippen molar-refractivity contribution in [3.8, 4) is 33.6 Å². The molecule has 0 amide bonds. The van der Waals surface area contributed by atoms with Gasteiger partial charge in [0.2, 0.25) is 0 Å². The van der Waals surface area contributed by atoms with Crippen molar-refractivity contribution in [1.82, 2.24) is 4.98 Å². The normalized spacial score (nSPS) is 11.1. The summed E-state index contributed by atoms with van der Waals surface area (Å²) in [7, 11) is 0. The van der Waals surface area contributed by atoms with Crippen LogP contribution in [0.15, 0.2) is 54.6 Å². The first-order valence-corrected chi connectivity index (χ1v) is 11.2. The lowest BCUT2D eigenvalue weighted by Crippen LogP contribution is -2.04. The molecule has 0 aliphatic rings. The molecular formula is C23H9Cl6F2N. The van der Waals surface area contributed by atoms with Gasteiger partial charge in [-0.05, 0) is 36.4 Å². The summed E-state index contributed by atoms with van der Waals surface area (Å²) in [5.74, 6) is -2.08. The molecule has 0 radical (unpaired) electrons. The average Bonchev–Trinajstić information content (AvgIpc) is 2.72. The molecule has 32 heavy (non-hydrogen) atoms. The van der Waals surface area contributed by atoms with Crippen molar-refractivity contribution in [2.45, 2.75) is 0 Å². The van der Waals surface area contributed by atoms with E-state index < -0.39 is 17.2 Å². The Bertz CT molecular complexity index is 1240. The zero-order valence-electron chi connectivity index (χ0n) is 15.7. The van der Waals surface area contributed by atoms with Crippen LogP contribution >= 0.6 is 69.6 Å². The number of hydrogen-bond donors (Lipinski definition) is 0. The van der Waals surface area contributed by atoms with Crippen molar-refractivity contribution in [2.75, 3.05) is 0 Å². The molecule has 0 N–H and O–H groups in total. The number of rotatable bonds is 3. The molecule has 1 heterocycles. The van der Waals surface area contributed by atoms with E-state index in [0.29, 0.717) is 0 Å². The van der Waals surface area contributed by atoms with Gasteiger partial charge in [0.25, 0.3) is 0 Å². The van der Waals surface area contributed by atoms with E-state index in [2.05, 4.69) is 4.98 Å². The van der Waals surface area contributed by atoms with Crippen LogP contribution in [0.25, 0.3) is 33.6 Å². The number of hydrogen-bond acceptors (Lipinski definition) is 1. The summed E-state index contributed by atoms with van der Waals surface area (Å²) in [6.07, 6.45) is 0. The van der Waals surface area contributed by atoms with E-state index in [1.165, 1.54) is 36.4 Å². The molecule has 0 aliphatic heterocycles. The highest BCUT2D eigenvalue weighted by atomic mass is 35.5. The minimum atomic E-state index is -1.04. The molecule has 4 rings (SSSR count). The maximum absolute atomic E-state index is 15.9. The zero-order valence-corrected chi connectivity index (χ0v) is 20.2. The van der Waals surface area contributed by atoms with Gasteiger partial charge in [0, 0.05) is 16.7 Å². The van der Waals surface area contributed by atoms with Crippen molar-refractivity contribution in [1.29, 1.82) is 0 Å². The second-order valence-electron chi connectivity index (χ2n) is 6.60. The molecule has 0 saturated heterocycles. The standard InChI is InChI=1S/C23H9Cl6F2N/c24-10-4-1-5-11(25)16(10)19-20(30)22(17-12(26)6-2-7-13(17)27)32-23(21(19)31)18-14(28)8-3-9-15(18)29/h1-9H. The van der Waals surface area contributed by atoms with Gasteiger partial charge in [-0.3, -0.25) is 0 Å². The van der Waals surface area contributed by atoms with E-state index >= 15 is 8.78 Å². The lowest BCUT2D eigenvalue weighted by atomic mass is 9.98. The van der Waals surface area contributed by atoms with Gasteiger partial charge in [0.1, 0.15) is 11.4 Å². The van der Waals surface area contributed by atoms with Gasteiger partial charge in [-0.15, -0.1) is 0 Å². The maximum atomic E-state index is 15.9. The van der Waals surface area contributed by atoms with Crippen LogP contribution in [0.5, 0.6) is 0 Å². The first kappa shape index (κ1) is 23.6. The first-order chi connectivity index (χ1) is 15.2. The minimum Gasteiger partial charge on any atom is -0.241 e. The van der Waals surface area contributed by atoms with Gasteiger partial charge in [-0.25, -0.2) is 13.8 Å². The Kier molecular flexibility index (Phi) is 6.88. The Hall–Kier alpha value is -1.59. The van der Waals surface area contributed by atoms with Crippen LogP contribution in [0.3, 0.4) is 0 Å². The Balaban J connectivity index is 2.21. The van der Waals surface area contributed by atoms with E-state index in [1.807, 2.05) is 0 Å². The van der Waals surface area contributed by atoms with Crippen LogP contribution in [0, 0.1) is 11.6 Å². The fourth-order valence-electron chi connectivity index (χ4n) is 3.28. The predicted molar refractivity (Wildman–Crippen MR) is 131 cm³/mol. The van der Waals surface area contributed by atoms with Crippen LogP contribution in [-0.2, 0) is 0 Å².